The van der Waals surface area contributed by atoms with E-state index in [2.05, 4.69) is 20.6 Å². The lowest BCUT2D eigenvalue weighted by Gasteiger charge is -2.17. The summed E-state index contributed by atoms with van der Waals surface area (Å²) in [6.45, 7) is 4.23. The van der Waals surface area contributed by atoms with E-state index in [4.69, 9.17) is 5.73 Å². The highest BCUT2D eigenvalue weighted by molar-refractivity contribution is 7.22. The minimum absolute atomic E-state index is 0.148. The molecule has 1 aromatic carbocycles. The topological polar surface area (TPSA) is 135 Å². The van der Waals surface area contributed by atoms with E-state index in [1.54, 1.807) is 28.9 Å². The van der Waals surface area contributed by atoms with Crippen molar-refractivity contribution in [3.63, 3.8) is 0 Å². The zero-order valence-electron chi connectivity index (χ0n) is 18.4. The SMILES string of the molecule is CC(C)C[C@@H](CO)NC(=O)c1cn2cccc(C(=O)NCc3ccc4nc(N)sc4c3)c2n1. The minimum atomic E-state index is -0.387. The van der Waals surface area contributed by atoms with Gasteiger partial charge >= 0.3 is 0 Å². The first-order valence-electron chi connectivity index (χ1n) is 10.7. The number of benzene rings is 1. The van der Waals surface area contributed by atoms with Gasteiger partial charge in [0.2, 0.25) is 0 Å². The third-order valence-electron chi connectivity index (χ3n) is 5.19. The predicted octanol–water partition coefficient (Wildman–Crippen LogP) is 2.59. The standard InChI is InChI=1S/C23H26N6O3S/c1-13(2)8-15(12-30)26-22(32)18-11-29-7-3-4-16(20(29)27-18)21(31)25-10-14-5-6-17-19(9-14)33-23(24)28-17/h3-7,9,11,13,15,30H,8,10,12H2,1-2H3,(H2,24,28)(H,25,31)(H,26,32)/t15-/m0/s1. The van der Waals surface area contributed by atoms with Crippen LogP contribution in [0.25, 0.3) is 15.9 Å². The van der Waals surface area contributed by atoms with E-state index in [-0.39, 0.29) is 30.2 Å². The Morgan fingerprint density at radius 3 is 2.79 bits per heavy atom. The number of pyridine rings is 1. The van der Waals surface area contributed by atoms with Gasteiger partial charge in [0, 0.05) is 18.9 Å². The Morgan fingerprint density at radius 1 is 1.21 bits per heavy atom. The van der Waals surface area contributed by atoms with Crippen LogP contribution in [0.15, 0.2) is 42.7 Å². The summed E-state index contributed by atoms with van der Waals surface area (Å²) in [5, 5.41) is 15.8. The number of nitrogens with zero attached hydrogens (tertiary/aromatic N) is 3. The number of carbonyl (C=O) groups is 2. The average Bonchev–Trinajstić information content (AvgIpc) is 3.38. The van der Waals surface area contributed by atoms with Crippen molar-refractivity contribution in [2.24, 2.45) is 5.92 Å². The summed E-state index contributed by atoms with van der Waals surface area (Å²) in [7, 11) is 0. The van der Waals surface area contributed by atoms with Crippen LogP contribution in [0.2, 0.25) is 0 Å². The van der Waals surface area contributed by atoms with Gasteiger partial charge in [-0.15, -0.1) is 0 Å². The van der Waals surface area contributed by atoms with E-state index in [9.17, 15) is 14.7 Å². The fourth-order valence-corrected chi connectivity index (χ4v) is 4.48. The van der Waals surface area contributed by atoms with Crippen LogP contribution < -0.4 is 16.4 Å². The van der Waals surface area contributed by atoms with Crippen molar-refractivity contribution in [2.45, 2.75) is 32.9 Å². The summed E-state index contributed by atoms with van der Waals surface area (Å²) in [4.78, 5) is 34.2. The highest BCUT2D eigenvalue weighted by Gasteiger charge is 2.19. The van der Waals surface area contributed by atoms with Crippen molar-refractivity contribution >= 4 is 44.1 Å². The molecule has 3 heterocycles. The third kappa shape index (κ3) is 5.12. The number of nitrogens with one attached hydrogen (secondary N) is 2. The molecule has 3 aromatic heterocycles. The van der Waals surface area contributed by atoms with E-state index >= 15 is 0 Å². The Bertz CT molecular complexity index is 1310. The molecular formula is C23H26N6O3S. The number of carbonyl (C=O) groups excluding carboxylic acids is 2. The monoisotopic (exact) mass is 466 g/mol. The van der Waals surface area contributed by atoms with Crippen LogP contribution in [0.3, 0.4) is 0 Å². The second kappa shape index (κ2) is 9.55. The fraction of sp³-hybridized carbons (Fsp3) is 0.304. The van der Waals surface area contributed by atoms with E-state index < -0.39 is 0 Å². The fourth-order valence-electron chi connectivity index (χ4n) is 3.68. The molecular weight excluding hydrogens is 440 g/mol. The molecule has 9 nitrogen and oxygen atoms in total. The predicted molar refractivity (Wildman–Crippen MR) is 128 cm³/mol. The first kappa shape index (κ1) is 22.7. The Kier molecular flexibility index (Phi) is 6.57. The van der Waals surface area contributed by atoms with E-state index in [1.165, 1.54) is 11.3 Å². The highest BCUT2D eigenvalue weighted by atomic mass is 32.1. The summed E-state index contributed by atoms with van der Waals surface area (Å²) in [6, 6.07) is 8.78. The zero-order chi connectivity index (χ0) is 23.5. The minimum Gasteiger partial charge on any atom is -0.394 e. The lowest BCUT2D eigenvalue weighted by atomic mass is 10.0. The number of hydrogen-bond donors (Lipinski definition) is 4. The number of hydrogen-bond acceptors (Lipinski definition) is 7. The number of aliphatic hydroxyl groups excluding tert-OH is 1. The first-order chi connectivity index (χ1) is 15.8. The smallest absolute Gasteiger partial charge is 0.271 e. The molecule has 0 aliphatic heterocycles. The summed E-state index contributed by atoms with van der Waals surface area (Å²) >= 11 is 1.40. The van der Waals surface area contributed by atoms with Crippen molar-refractivity contribution in [1.29, 1.82) is 0 Å². The molecule has 0 aliphatic carbocycles. The molecule has 4 aromatic rings. The van der Waals surface area contributed by atoms with Crippen molar-refractivity contribution in [2.75, 3.05) is 12.3 Å². The molecule has 2 amide bonds. The van der Waals surface area contributed by atoms with Gasteiger partial charge in [-0.2, -0.15) is 0 Å². The van der Waals surface area contributed by atoms with Crippen LogP contribution in [0, 0.1) is 5.92 Å². The third-order valence-corrected chi connectivity index (χ3v) is 6.04. The number of imidazole rings is 1. The summed E-state index contributed by atoms with van der Waals surface area (Å²) in [5.74, 6) is -0.357. The molecule has 0 spiro atoms. The summed E-state index contributed by atoms with van der Waals surface area (Å²) < 4.78 is 2.61. The maximum atomic E-state index is 12.9. The van der Waals surface area contributed by atoms with Crippen molar-refractivity contribution in [3.05, 3.63) is 59.5 Å². The molecule has 10 heteroatoms. The van der Waals surface area contributed by atoms with E-state index in [1.807, 2.05) is 32.0 Å². The van der Waals surface area contributed by atoms with Crippen molar-refractivity contribution in [1.82, 2.24) is 25.0 Å². The Hall–Kier alpha value is -3.50. The van der Waals surface area contributed by atoms with Gasteiger partial charge in [-0.05, 0) is 42.2 Å². The normalized spacial score (nSPS) is 12.4. The van der Waals surface area contributed by atoms with Crippen LogP contribution in [-0.2, 0) is 6.54 Å². The Labute approximate surface area is 194 Å². The summed E-state index contributed by atoms with van der Waals surface area (Å²) in [6.07, 6.45) is 3.96. The number of aromatic nitrogens is 3. The van der Waals surface area contributed by atoms with Crippen LogP contribution in [0.5, 0.6) is 0 Å². The molecule has 0 aliphatic rings. The second-order valence-electron chi connectivity index (χ2n) is 8.30. The number of nitrogens with two attached hydrogens (primary N) is 1. The quantitative estimate of drug-likeness (QED) is 0.315. The number of amides is 2. The van der Waals surface area contributed by atoms with Gasteiger partial charge in [-0.1, -0.05) is 31.3 Å². The van der Waals surface area contributed by atoms with Crippen LogP contribution in [0.1, 0.15) is 46.7 Å². The van der Waals surface area contributed by atoms with E-state index in [0.717, 1.165) is 15.8 Å². The van der Waals surface area contributed by atoms with Gasteiger partial charge in [0.15, 0.2) is 10.8 Å². The largest absolute Gasteiger partial charge is 0.394 e. The van der Waals surface area contributed by atoms with Gasteiger partial charge in [-0.3, -0.25) is 9.59 Å². The molecule has 0 fully saturated rings. The molecule has 1 atom stereocenters. The lowest BCUT2D eigenvalue weighted by Crippen LogP contribution is -2.38. The molecule has 0 radical (unpaired) electrons. The number of fused-ring (bicyclic) bond motifs is 2. The van der Waals surface area contributed by atoms with Gasteiger partial charge in [0.1, 0.15) is 5.69 Å². The zero-order valence-corrected chi connectivity index (χ0v) is 19.2. The van der Waals surface area contributed by atoms with Gasteiger partial charge < -0.3 is 25.9 Å². The first-order valence-corrected chi connectivity index (χ1v) is 11.5. The van der Waals surface area contributed by atoms with Crippen molar-refractivity contribution in [3.8, 4) is 0 Å². The van der Waals surface area contributed by atoms with Crippen molar-refractivity contribution < 1.29 is 14.7 Å². The van der Waals surface area contributed by atoms with Gasteiger partial charge in [-0.25, -0.2) is 9.97 Å². The van der Waals surface area contributed by atoms with Crippen LogP contribution >= 0.6 is 11.3 Å². The van der Waals surface area contributed by atoms with Gasteiger partial charge in [0.25, 0.3) is 11.8 Å². The second-order valence-corrected chi connectivity index (χ2v) is 9.36. The molecule has 0 bridgehead atoms. The van der Waals surface area contributed by atoms with E-state index in [0.29, 0.717) is 35.2 Å². The maximum Gasteiger partial charge on any atom is 0.271 e. The molecule has 0 saturated carbocycles. The molecule has 5 N–H and O–H groups in total. The number of thiazole rings is 1. The molecule has 33 heavy (non-hydrogen) atoms. The molecule has 0 saturated heterocycles. The van der Waals surface area contributed by atoms with Gasteiger partial charge in [0.05, 0.1) is 28.4 Å². The number of anilines is 1. The molecule has 172 valence electrons. The lowest BCUT2D eigenvalue weighted by molar-refractivity contribution is 0.0902. The average molecular weight is 467 g/mol. The Balaban J connectivity index is 1.49. The van der Waals surface area contributed by atoms with Crippen LogP contribution in [-0.4, -0.2) is 43.9 Å². The Morgan fingerprint density at radius 2 is 2.03 bits per heavy atom. The van der Waals surface area contributed by atoms with Crippen LogP contribution in [0.4, 0.5) is 5.13 Å². The molecule has 4 rings (SSSR count). The summed E-state index contributed by atoms with van der Waals surface area (Å²) in [5.41, 5.74) is 8.45. The number of nitrogen functional groups attached to an aromatic ring is 1. The highest BCUT2D eigenvalue weighted by Crippen LogP contribution is 2.24. The maximum absolute atomic E-state index is 12.9. The number of aliphatic hydroxyl groups is 1. The molecule has 0 unspecified atom stereocenters. The number of rotatable bonds is 8.